The summed E-state index contributed by atoms with van der Waals surface area (Å²) in [6.45, 7) is 0.864. The van der Waals surface area contributed by atoms with Crippen LogP contribution in [0.2, 0.25) is 0 Å². The molecule has 6 heteroatoms. The van der Waals surface area contributed by atoms with Crippen LogP contribution < -0.4 is 20.1 Å². The van der Waals surface area contributed by atoms with Crippen molar-refractivity contribution >= 4 is 11.7 Å². The summed E-state index contributed by atoms with van der Waals surface area (Å²) < 4.78 is 10.7. The minimum absolute atomic E-state index is 0.0228. The van der Waals surface area contributed by atoms with Gasteiger partial charge in [0.1, 0.15) is 5.82 Å². The number of rotatable bonds is 5. The molecule has 6 nitrogen and oxygen atoms in total. The summed E-state index contributed by atoms with van der Waals surface area (Å²) in [7, 11) is 0. The normalized spacial score (nSPS) is 16.3. The second-order valence-corrected chi connectivity index (χ2v) is 6.78. The van der Waals surface area contributed by atoms with Gasteiger partial charge in [-0.3, -0.25) is 4.79 Å². The molecule has 26 heavy (non-hydrogen) atoms. The number of hydrogen-bond acceptors (Lipinski definition) is 5. The largest absolute Gasteiger partial charge is 0.454 e. The van der Waals surface area contributed by atoms with Crippen molar-refractivity contribution in [2.24, 2.45) is 0 Å². The molecule has 0 radical (unpaired) electrons. The molecule has 0 atom stereocenters. The summed E-state index contributed by atoms with van der Waals surface area (Å²) in [5, 5.41) is 6.40. The van der Waals surface area contributed by atoms with Gasteiger partial charge in [0.15, 0.2) is 11.5 Å². The predicted octanol–water partition coefficient (Wildman–Crippen LogP) is 3.48. The van der Waals surface area contributed by atoms with Gasteiger partial charge in [-0.1, -0.05) is 25.3 Å². The molecule has 1 aliphatic carbocycles. The number of hydrogen-bond donors (Lipinski definition) is 2. The number of nitrogens with one attached hydrogen (secondary N) is 2. The molecule has 1 saturated carbocycles. The van der Waals surface area contributed by atoms with Crippen molar-refractivity contribution in [2.75, 3.05) is 12.1 Å². The van der Waals surface area contributed by atoms with Crippen LogP contribution in [0.5, 0.6) is 11.5 Å². The number of nitrogens with zero attached hydrogens (tertiary/aromatic N) is 1. The smallest absolute Gasteiger partial charge is 0.251 e. The molecule has 1 aromatic heterocycles. The number of carbonyl (C=O) groups excluding carboxylic acids is 1. The average Bonchev–Trinajstić information content (AvgIpc) is 3.15. The molecule has 1 aromatic carbocycles. The molecule has 1 amide bonds. The summed E-state index contributed by atoms with van der Waals surface area (Å²) in [5.41, 5.74) is 1.70. The van der Waals surface area contributed by atoms with Gasteiger partial charge in [-0.15, -0.1) is 0 Å². The summed E-state index contributed by atoms with van der Waals surface area (Å²) in [6.07, 6.45) is 7.48. The van der Waals surface area contributed by atoms with E-state index < -0.39 is 0 Å². The first-order chi connectivity index (χ1) is 12.8. The second-order valence-electron chi connectivity index (χ2n) is 6.78. The van der Waals surface area contributed by atoms with E-state index in [0.717, 1.165) is 29.9 Å². The Morgan fingerprint density at radius 3 is 2.81 bits per heavy atom. The first-order valence-electron chi connectivity index (χ1n) is 9.17. The lowest BCUT2D eigenvalue weighted by Crippen LogP contribution is -2.36. The Bertz CT molecular complexity index is 788. The topological polar surface area (TPSA) is 72.5 Å². The first-order valence-corrected chi connectivity index (χ1v) is 9.17. The van der Waals surface area contributed by atoms with Crippen molar-refractivity contribution in [1.29, 1.82) is 0 Å². The fourth-order valence-corrected chi connectivity index (χ4v) is 3.43. The van der Waals surface area contributed by atoms with E-state index >= 15 is 0 Å². The van der Waals surface area contributed by atoms with E-state index in [0.29, 0.717) is 24.0 Å². The van der Waals surface area contributed by atoms with Crippen LogP contribution in [0.25, 0.3) is 0 Å². The van der Waals surface area contributed by atoms with Crippen molar-refractivity contribution in [3.63, 3.8) is 0 Å². The van der Waals surface area contributed by atoms with Crippen LogP contribution in [0.15, 0.2) is 36.5 Å². The maximum absolute atomic E-state index is 12.5. The summed E-state index contributed by atoms with van der Waals surface area (Å²) in [4.78, 5) is 16.8. The zero-order valence-electron chi connectivity index (χ0n) is 14.7. The van der Waals surface area contributed by atoms with E-state index in [1.807, 2.05) is 18.2 Å². The van der Waals surface area contributed by atoms with Crippen LogP contribution in [0, 0.1) is 0 Å². The highest BCUT2D eigenvalue weighted by Crippen LogP contribution is 2.32. The highest BCUT2D eigenvalue weighted by Gasteiger charge is 2.17. The van der Waals surface area contributed by atoms with Crippen molar-refractivity contribution in [1.82, 2.24) is 10.3 Å². The molecule has 2 aromatic rings. The summed E-state index contributed by atoms with van der Waals surface area (Å²) in [5.74, 6) is 2.19. The average molecular weight is 353 g/mol. The van der Waals surface area contributed by atoms with Gasteiger partial charge in [0, 0.05) is 24.3 Å². The lowest BCUT2D eigenvalue weighted by molar-refractivity contribution is 0.0927. The molecule has 2 aliphatic rings. The third kappa shape index (κ3) is 3.90. The van der Waals surface area contributed by atoms with E-state index in [-0.39, 0.29) is 12.7 Å². The molecule has 0 unspecified atom stereocenters. The molecule has 0 spiro atoms. The lowest BCUT2D eigenvalue weighted by atomic mass is 9.95. The van der Waals surface area contributed by atoms with Crippen LogP contribution >= 0.6 is 0 Å². The highest BCUT2D eigenvalue weighted by molar-refractivity contribution is 5.95. The number of benzene rings is 1. The standard InChI is InChI=1S/C20H23N3O3/c24-20(23-16-4-2-1-3-5-16)15-8-9-21-19(11-15)22-12-14-6-7-17-18(10-14)26-13-25-17/h6-11,16H,1-5,12-13H2,(H,21,22)(H,23,24). The van der Waals surface area contributed by atoms with E-state index in [1.165, 1.54) is 19.3 Å². The Hall–Kier alpha value is -2.76. The number of carbonyl (C=O) groups is 1. The molecule has 0 saturated heterocycles. The Morgan fingerprint density at radius 1 is 1.08 bits per heavy atom. The highest BCUT2D eigenvalue weighted by atomic mass is 16.7. The third-order valence-corrected chi connectivity index (χ3v) is 4.87. The van der Waals surface area contributed by atoms with Gasteiger partial charge in [-0.05, 0) is 42.7 Å². The molecule has 1 aliphatic heterocycles. The minimum Gasteiger partial charge on any atom is -0.454 e. The van der Waals surface area contributed by atoms with Gasteiger partial charge in [-0.25, -0.2) is 4.98 Å². The monoisotopic (exact) mass is 353 g/mol. The van der Waals surface area contributed by atoms with Crippen molar-refractivity contribution < 1.29 is 14.3 Å². The number of amides is 1. The fraction of sp³-hybridized carbons (Fsp3) is 0.400. The van der Waals surface area contributed by atoms with E-state index in [9.17, 15) is 4.79 Å². The van der Waals surface area contributed by atoms with Gasteiger partial charge in [0.25, 0.3) is 5.91 Å². The molecule has 4 rings (SSSR count). The number of anilines is 1. The molecule has 2 heterocycles. The van der Waals surface area contributed by atoms with Gasteiger partial charge in [0.05, 0.1) is 0 Å². The summed E-state index contributed by atoms with van der Waals surface area (Å²) >= 11 is 0. The molecule has 2 N–H and O–H groups in total. The zero-order valence-corrected chi connectivity index (χ0v) is 14.7. The van der Waals surface area contributed by atoms with Crippen LogP contribution in [0.3, 0.4) is 0 Å². The maximum Gasteiger partial charge on any atom is 0.251 e. The molecule has 1 fully saturated rings. The summed E-state index contributed by atoms with van der Waals surface area (Å²) in [6, 6.07) is 9.69. The van der Waals surface area contributed by atoms with Crippen LogP contribution in [0.4, 0.5) is 5.82 Å². The molecule has 136 valence electrons. The van der Waals surface area contributed by atoms with E-state index in [4.69, 9.17) is 9.47 Å². The Kier molecular flexibility index (Phi) is 4.91. The fourth-order valence-electron chi connectivity index (χ4n) is 3.43. The maximum atomic E-state index is 12.5. The van der Waals surface area contributed by atoms with Crippen LogP contribution in [0.1, 0.15) is 48.0 Å². The van der Waals surface area contributed by atoms with Gasteiger partial charge >= 0.3 is 0 Å². The van der Waals surface area contributed by atoms with Gasteiger partial charge in [-0.2, -0.15) is 0 Å². The predicted molar refractivity (Wildman–Crippen MR) is 98.5 cm³/mol. The molecular weight excluding hydrogens is 330 g/mol. The second kappa shape index (κ2) is 7.64. The third-order valence-electron chi connectivity index (χ3n) is 4.87. The Morgan fingerprint density at radius 2 is 1.92 bits per heavy atom. The quantitative estimate of drug-likeness (QED) is 0.861. The van der Waals surface area contributed by atoms with Crippen molar-refractivity contribution in [2.45, 2.75) is 44.7 Å². The zero-order chi connectivity index (χ0) is 17.8. The SMILES string of the molecule is O=C(NC1CCCCC1)c1ccnc(NCc2ccc3c(c2)OCO3)c1. The van der Waals surface area contributed by atoms with Gasteiger partial charge in [0.2, 0.25) is 6.79 Å². The van der Waals surface area contributed by atoms with Crippen molar-refractivity contribution in [3.8, 4) is 11.5 Å². The first kappa shape index (κ1) is 16.7. The van der Waals surface area contributed by atoms with Crippen molar-refractivity contribution in [3.05, 3.63) is 47.7 Å². The number of aromatic nitrogens is 1. The van der Waals surface area contributed by atoms with E-state index in [2.05, 4.69) is 15.6 Å². The lowest BCUT2D eigenvalue weighted by Gasteiger charge is -2.22. The minimum atomic E-state index is -0.0228. The Labute approximate surface area is 152 Å². The van der Waals surface area contributed by atoms with Crippen LogP contribution in [-0.4, -0.2) is 23.7 Å². The Balaban J connectivity index is 1.37. The van der Waals surface area contributed by atoms with E-state index in [1.54, 1.807) is 18.3 Å². The number of fused-ring (bicyclic) bond motifs is 1. The van der Waals surface area contributed by atoms with Gasteiger partial charge < -0.3 is 20.1 Å². The number of pyridine rings is 1. The van der Waals surface area contributed by atoms with Crippen LogP contribution in [-0.2, 0) is 6.54 Å². The molecule has 0 bridgehead atoms. The molecular formula is C20H23N3O3. The number of ether oxygens (including phenoxy) is 2.